The highest BCUT2D eigenvalue weighted by atomic mass is 16.4. The van der Waals surface area contributed by atoms with Crippen molar-refractivity contribution in [3.05, 3.63) is 29.8 Å². The summed E-state index contributed by atoms with van der Waals surface area (Å²) >= 11 is 0. The number of carboxylic acid groups (broad SMARTS) is 1. The molecular formula is C13H17NO3. The predicted octanol–water partition coefficient (Wildman–Crippen LogP) is 1.56. The normalized spacial score (nSPS) is 18.8. The first-order valence-corrected chi connectivity index (χ1v) is 5.91. The molecule has 0 aromatic heterocycles. The first-order chi connectivity index (χ1) is 8.18. The van der Waals surface area contributed by atoms with Gasteiger partial charge in [0.15, 0.2) is 0 Å². The highest BCUT2D eigenvalue weighted by Gasteiger charge is 2.30. The zero-order valence-electron chi connectivity index (χ0n) is 9.60. The number of nitrogens with one attached hydrogen (secondary N) is 1. The number of hydrogen-bond acceptors (Lipinski definition) is 3. The molecule has 0 saturated carbocycles. The van der Waals surface area contributed by atoms with Gasteiger partial charge in [0, 0.05) is 0 Å². The Kier molecular flexibility index (Phi) is 3.64. The summed E-state index contributed by atoms with van der Waals surface area (Å²) in [5.41, 5.74) is 0.699. The molecule has 1 saturated heterocycles. The molecule has 0 amide bonds. The van der Waals surface area contributed by atoms with Gasteiger partial charge in [0.2, 0.25) is 0 Å². The van der Waals surface area contributed by atoms with Crippen molar-refractivity contribution >= 4 is 5.97 Å². The summed E-state index contributed by atoms with van der Waals surface area (Å²) in [6, 6.07) is 6.59. The molecule has 1 heterocycles. The third-order valence-corrected chi connectivity index (χ3v) is 3.35. The van der Waals surface area contributed by atoms with Gasteiger partial charge >= 0.3 is 5.97 Å². The number of aliphatic carboxylic acids is 1. The number of phenols is 1. The van der Waals surface area contributed by atoms with Crippen LogP contribution in [0.1, 0.15) is 24.3 Å². The average Bonchev–Trinajstić information content (AvgIpc) is 2.30. The lowest BCUT2D eigenvalue weighted by Crippen LogP contribution is -2.33. The Morgan fingerprint density at radius 3 is 2.65 bits per heavy atom. The molecule has 4 heteroatoms. The lowest BCUT2D eigenvalue weighted by Gasteiger charge is -2.28. The van der Waals surface area contributed by atoms with E-state index in [1.54, 1.807) is 24.3 Å². The molecule has 0 spiro atoms. The molecule has 4 nitrogen and oxygen atoms in total. The highest BCUT2D eigenvalue weighted by molar-refractivity contribution is 5.76. The second-order valence-corrected chi connectivity index (χ2v) is 4.50. The lowest BCUT2D eigenvalue weighted by molar-refractivity contribution is -0.140. The van der Waals surface area contributed by atoms with Gasteiger partial charge in [0.1, 0.15) is 5.75 Å². The second kappa shape index (κ2) is 5.19. The van der Waals surface area contributed by atoms with Crippen molar-refractivity contribution in [2.45, 2.75) is 18.8 Å². The van der Waals surface area contributed by atoms with Gasteiger partial charge in [-0.1, -0.05) is 12.1 Å². The quantitative estimate of drug-likeness (QED) is 0.743. The van der Waals surface area contributed by atoms with Crippen molar-refractivity contribution in [1.29, 1.82) is 0 Å². The molecule has 1 aromatic carbocycles. The van der Waals surface area contributed by atoms with E-state index >= 15 is 0 Å². The number of aromatic hydroxyl groups is 1. The number of carboxylic acids is 1. The molecule has 1 aromatic rings. The van der Waals surface area contributed by atoms with Crippen LogP contribution in [0.4, 0.5) is 0 Å². The number of phenolic OH excluding ortho intramolecular Hbond substituents is 1. The van der Waals surface area contributed by atoms with Crippen molar-refractivity contribution < 1.29 is 15.0 Å². The molecule has 1 aliphatic rings. The zero-order valence-corrected chi connectivity index (χ0v) is 9.60. The Labute approximate surface area is 100 Å². The summed E-state index contributed by atoms with van der Waals surface area (Å²) < 4.78 is 0. The molecule has 1 unspecified atom stereocenters. The third kappa shape index (κ3) is 2.77. The Bertz CT molecular complexity index is 399. The van der Waals surface area contributed by atoms with Gasteiger partial charge in [0.05, 0.1) is 5.92 Å². The van der Waals surface area contributed by atoms with Gasteiger partial charge < -0.3 is 15.5 Å². The fraction of sp³-hybridized carbons (Fsp3) is 0.462. The monoisotopic (exact) mass is 235 g/mol. The average molecular weight is 235 g/mol. The predicted molar refractivity (Wildman–Crippen MR) is 64.1 cm³/mol. The fourth-order valence-electron chi connectivity index (χ4n) is 2.51. The molecule has 0 radical (unpaired) electrons. The van der Waals surface area contributed by atoms with Crippen molar-refractivity contribution in [2.75, 3.05) is 13.1 Å². The maximum absolute atomic E-state index is 11.4. The topological polar surface area (TPSA) is 69.6 Å². The van der Waals surface area contributed by atoms with Crippen LogP contribution in [0, 0.1) is 5.92 Å². The summed E-state index contributed by atoms with van der Waals surface area (Å²) in [5, 5.41) is 22.0. The van der Waals surface area contributed by atoms with Gasteiger partial charge in [-0.15, -0.1) is 0 Å². The van der Waals surface area contributed by atoms with Crippen molar-refractivity contribution in [3.63, 3.8) is 0 Å². The van der Waals surface area contributed by atoms with E-state index in [2.05, 4.69) is 5.32 Å². The first-order valence-electron chi connectivity index (χ1n) is 5.91. The molecule has 1 atom stereocenters. The van der Waals surface area contributed by atoms with E-state index in [1.807, 2.05) is 0 Å². The van der Waals surface area contributed by atoms with E-state index in [-0.39, 0.29) is 11.7 Å². The third-order valence-electron chi connectivity index (χ3n) is 3.35. The molecule has 3 N–H and O–H groups in total. The van der Waals surface area contributed by atoms with Crippen LogP contribution in [0.5, 0.6) is 5.75 Å². The minimum atomic E-state index is -0.803. The molecule has 17 heavy (non-hydrogen) atoms. The lowest BCUT2D eigenvalue weighted by atomic mass is 9.80. The summed E-state index contributed by atoms with van der Waals surface area (Å²) in [4.78, 5) is 11.4. The Morgan fingerprint density at radius 2 is 2.06 bits per heavy atom. The Morgan fingerprint density at radius 1 is 1.35 bits per heavy atom. The summed E-state index contributed by atoms with van der Waals surface area (Å²) in [6.45, 7) is 1.74. The number of benzene rings is 1. The summed E-state index contributed by atoms with van der Waals surface area (Å²) in [5.74, 6) is -1.04. The van der Waals surface area contributed by atoms with Gasteiger partial charge in [-0.2, -0.15) is 0 Å². The molecule has 0 aliphatic carbocycles. The molecule has 92 valence electrons. The van der Waals surface area contributed by atoms with E-state index < -0.39 is 11.9 Å². The summed E-state index contributed by atoms with van der Waals surface area (Å²) in [7, 11) is 0. The van der Waals surface area contributed by atoms with Gasteiger partial charge in [-0.3, -0.25) is 4.79 Å². The van der Waals surface area contributed by atoms with E-state index in [9.17, 15) is 15.0 Å². The van der Waals surface area contributed by atoms with Gasteiger partial charge in [0.25, 0.3) is 0 Å². The number of rotatable bonds is 3. The van der Waals surface area contributed by atoms with Crippen molar-refractivity contribution in [1.82, 2.24) is 5.32 Å². The van der Waals surface area contributed by atoms with Crippen LogP contribution in [0.25, 0.3) is 0 Å². The number of hydrogen-bond donors (Lipinski definition) is 3. The Balaban J connectivity index is 2.25. The van der Waals surface area contributed by atoms with Crippen LogP contribution in [0.15, 0.2) is 24.3 Å². The Hall–Kier alpha value is -1.55. The molecule has 1 aliphatic heterocycles. The van der Waals surface area contributed by atoms with Crippen LogP contribution < -0.4 is 5.32 Å². The van der Waals surface area contributed by atoms with E-state index in [0.29, 0.717) is 5.56 Å². The first kappa shape index (κ1) is 11.9. The standard InChI is InChI=1S/C13H17NO3/c15-11-3-1-2-10(8-11)12(13(16)17)9-4-6-14-7-5-9/h1-3,8-9,12,14-15H,4-7H2,(H,16,17). The maximum Gasteiger partial charge on any atom is 0.311 e. The smallest absolute Gasteiger partial charge is 0.311 e. The fourth-order valence-corrected chi connectivity index (χ4v) is 2.51. The van der Waals surface area contributed by atoms with Crippen molar-refractivity contribution in [3.8, 4) is 5.75 Å². The molecule has 1 fully saturated rings. The second-order valence-electron chi connectivity index (χ2n) is 4.50. The van der Waals surface area contributed by atoms with E-state index in [1.165, 1.54) is 0 Å². The van der Waals surface area contributed by atoms with Crippen LogP contribution in [0.3, 0.4) is 0 Å². The van der Waals surface area contributed by atoms with Crippen LogP contribution >= 0.6 is 0 Å². The van der Waals surface area contributed by atoms with Crippen LogP contribution in [0.2, 0.25) is 0 Å². The number of piperidine rings is 1. The maximum atomic E-state index is 11.4. The minimum absolute atomic E-state index is 0.127. The zero-order chi connectivity index (χ0) is 12.3. The van der Waals surface area contributed by atoms with Gasteiger partial charge in [-0.05, 0) is 49.5 Å². The molecular weight excluding hydrogens is 218 g/mol. The van der Waals surface area contributed by atoms with Gasteiger partial charge in [-0.25, -0.2) is 0 Å². The number of carbonyl (C=O) groups is 1. The minimum Gasteiger partial charge on any atom is -0.508 e. The van der Waals surface area contributed by atoms with Crippen LogP contribution in [-0.4, -0.2) is 29.3 Å². The highest BCUT2D eigenvalue weighted by Crippen LogP contribution is 2.32. The van der Waals surface area contributed by atoms with E-state index in [0.717, 1.165) is 25.9 Å². The van der Waals surface area contributed by atoms with Crippen LogP contribution in [-0.2, 0) is 4.79 Å². The summed E-state index contributed by atoms with van der Waals surface area (Å²) in [6.07, 6.45) is 1.74. The van der Waals surface area contributed by atoms with Crippen molar-refractivity contribution in [2.24, 2.45) is 5.92 Å². The largest absolute Gasteiger partial charge is 0.508 e. The molecule has 0 bridgehead atoms. The van der Waals surface area contributed by atoms with E-state index in [4.69, 9.17) is 0 Å². The molecule has 2 rings (SSSR count). The SMILES string of the molecule is O=C(O)C(c1cccc(O)c1)C1CCNCC1.